The van der Waals surface area contributed by atoms with Crippen LogP contribution in [0.15, 0.2) is 24.3 Å². The van der Waals surface area contributed by atoms with E-state index in [1.165, 1.54) is 18.4 Å². The van der Waals surface area contributed by atoms with Crippen molar-refractivity contribution in [3.05, 3.63) is 35.4 Å². The fourth-order valence-corrected chi connectivity index (χ4v) is 3.09. The minimum atomic E-state index is 0.199. The highest BCUT2D eigenvalue weighted by atomic mass is 15.0. The fraction of sp³-hybridized carbons (Fsp3) is 0.647. The lowest BCUT2D eigenvalue weighted by Crippen LogP contribution is -2.54. The summed E-state index contributed by atoms with van der Waals surface area (Å²) in [6, 6.07) is 8.91. The van der Waals surface area contributed by atoms with Crippen molar-refractivity contribution in [1.29, 1.82) is 0 Å². The van der Waals surface area contributed by atoms with Gasteiger partial charge in [-0.3, -0.25) is 0 Å². The van der Waals surface area contributed by atoms with Crippen LogP contribution in [0.2, 0.25) is 0 Å². The van der Waals surface area contributed by atoms with Gasteiger partial charge in [-0.2, -0.15) is 0 Å². The highest BCUT2D eigenvalue weighted by Crippen LogP contribution is 2.49. The van der Waals surface area contributed by atoms with Gasteiger partial charge in [0.1, 0.15) is 0 Å². The Bertz CT molecular complexity index is 416. The molecule has 0 saturated heterocycles. The van der Waals surface area contributed by atoms with Crippen LogP contribution in [-0.2, 0) is 5.41 Å². The highest BCUT2D eigenvalue weighted by molar-refractivity contribution is 5.37. The maximum Gasteiger partial charge on any atom is 0.0106 e. The minimum Gasteiger partial charge on any atom is -0.311 e. The van der Waals surface area contributed by atoms with E-state index in [0.717, 1.165) is 12.5 Å². The quantitative estimate of drug-likeness (QED) is 0.847. The second-order valence-electron chi connectivity index (χ2n) is 7.01. The van der Waals surface area contributed by atoms with E-state index in [4.69, 9.17) is 0 Å². The van der Waals surface area contributed by atoms with Crippen molar-refractivity contribution < 1.29 is 0 Å². The molecule has 100 valence electrons. The molecule has 0 radical (unpaired) electrons. The minimum absolute atomic E-state index is 0.199. The molecular formula is C17H27N. The summed E-state index contributed by atoms with van der Waals surface area (Å²) in [5, 5.41) is 3.72. The molecule has 0 spiro atoms. The summed E-state index contributed by atoms with van der Waals surface area (Å²) in [6.45, 7) is 12.5. The predicted molar refractivity (Wildman–Crippen MR) is 79.0 cm³/mol. The van der Waals surface area contributed by atoms with Crippen LogP contribution in [0.4, 0.5) is 0 Å². The van der Waals surface area contributed by atoms with E-state index in [-0.39, 0.29) is 5.54 Å². The Morgan fingerprint density at radius 1 is 1.28 bits per heavy atom. The van der Waals surface area contributed by atoms with E-state index in [1.54, 1.807) is 5.56 Å². The Balaban J connectivity index is 2.26. The first-order valence-corrected chi connectivity index (χ1v) is 7.16. The van der Waals surface area contributed by atoms with Gasteiger partial charge in [0.25, 0.3) is 0 Å². The van der Waals surface area contributed by atoms with Crippen LogP contribution in [0, 0.1) is 12.8 Å². The van der Waals surface area contributed by atoms with Crippen molar-refractivity contribution >= 4 is 0 Å². The molecule has 0 heterocycles. The van der Waals surface area contributed by atoms with Crippen LogP contribution in [0.3, 0.4) is 0 Å². The molecular weight excluding hydrogens is 218 g/mol. The lowest BCUT2D eigenvalue weighted by atomic mass is 9.56. The molecule has 18 heavy (non-hydrogen) atoms. The summed E-state index contributed by atoms with van der Waals surface area (Å²) in [4.78, 5) is 0. The molecule has 1 N–H and O–H groups in total. The van der Waals surface area contributed by atoms with Crippen LogP contribution in [-0.4, -0.2) is 12.1 Å². The first-order valence-electron chi connectivity index (χ1n) is 7.16. The Labute approximate surface area is 112 Å². The van der Waals surface area contributed by atoms with E-state index in [1.807, 2.05) is 0 Å². The van der Waals surface area contributed by atoms with Crippen molar-refractivity contribution in [2.24, 2.45) is 5.92 Å². The summed E-state index contributed by atoms with van der Waals surface area (Å²) >= 11 is 0. The molecule has 1 aromatic rings. The van der Waals surface area contributed by atoms with Gasteiger partial charge in [-0.25, -0.2) is 0 Å². The lowest BCUT2D eigenvalue weighted by Gasteiger charge is -2.50. The molecule has 1 nitrogen and oxygen atoms in total. The number of rotatable bonds is 3. The standard InChI is InChI=1S/C17H27N/c1-13-8-6-7-9-15(13)17(11-10-14(17)2)12-18-16(3,4)5/h6-9,14,18H,10-12H2,1-5H3. The van der Waals surface area contributed by atoms with Gasteiger partial charge in [-0.15, -0.1) is 0 Å². The summed E-state index contributed by atoms with van der Waals surface area (Å²) in [6.07, 6.45) is 2.68. The number of benzene rings is 1. The largest absolute Gasteiger partial charge is 0.311 e. The zero-order valence-corrected chi connectivity index (χ0v) is 12.5. The van der Waals surface area contributed by atoms with Crippen LogP contribution in [0.1, 0.15) is 51.7 Å². The van der Waals surface area contributed by atoms with E-state index < -0.39 is 0 Å². The van der Waals surface area contributed by atoms with Crippen molar-refractivity contribution in [3.8, 4) is 0 Å². The SMILES string of the molecule is Cc1ccccc1C1(CNC(C)(C)C)CCC1C. The van der Waals surface area contributed by atoms with Gasteiger partial charge >= 0.3 is 0 Å². The second-order valence-corrected chi connectivity index (χ2v) is 7.01. The monoisotopic (exact) mass is 245 g/mol. The van der Waals surface area contributed by atoms with Crippen molar-refractivity contribution in [1.82, 2.24) is 5.32 Å². The maximum atomic E-state index is 3.72. The smallest absolute Gasteiger partial charge is 0.0106 e. The Morgan fingerprint density at radius 3 is 2.39 bits per heavy atom. The van der Waals surface area contributed by atoms with Gasteiger partial charge in [0, 0.05) is 17.5 Å². The highest BCUT2D eigenvalue weighted by Gasteiger charge is 2.46. The average Bonchev–Trinajstić information content (AvgIpc) is 2.28. The third-order valence-electron chi connectivity index (χ3n) is 4.58. The molecule has 1 fully saturated rings. The van der Waals surface area contributed by atoms with Crippen molar-refractivity contribution in [2.45, 2.75) is 58.4 Å². The number of hydrogen-bond acceptors (Lipinski definition) is 1. The summed E-state index contributed by atoms with van der Waals surface area (Å²) in [5.41, 5.74) is 3.56. The molecule has 2 rings (SSSR count). The Kier molecular flexibility index (Phi) is 3.55. The third-order valence-corrected chi connectivity index (χ3v) is 4.58. The van der Waals surface area contributed by atoms with Crippen LogP contribution in [0.5, 0.6) is 0 Å². The van der Waals surface area contributed by atoms with Gasteiger partial charge in [0.05, 0.1) is 0 Å². The predicted octanol–water partition coefficient (Wildman–Crippen LogP) is 4.05. The van der Waals surface area contributed by atoms with Crippen molar-refractivity contribution in [3.63, 3.8) is 0 Å². The van der Waals surface area contributed by atoms with Gasteiger partial charge in [-0.1, -0.05) is 31.2 Å². The first kappa shape index (κ1) is 13.6. The summed E-state index contributed by atoms with van der Waals surface area (Å²) in [7, 11) is 0. The lowest BCUT2D eigenvalue weighted by molar-refractivity contribution is 0.123. The van der Waals surface area contributed by atoms with Gasteiger partial charge in [-0.05, 0) is 57.6 Å². The van der Waals surface area contributed by atoms with Gasteiger partial charge in [0.2, 0.25) is 0 Å². The summed E-state index contributed by atoms with van der Waals surface area (Å²) in [5.74, 6) is 0.786. The molecule has 2 unspecified atom stereocenters. The van der Waals surface area contributed by atoms with Crippen molar-refractivity contribution in [2.75, 3.05) is 6.54 Å². The summed E-state index contributed by atoms with van der Waals surface area (Å²) < 4.78 is 0. The Morgan fingerprint density at radius 2 is 1.94 bits per heavy atom. The van der Waals surface area contributed by atoms with Crippen LogP contribution in [0.25, 0.3) is 0 Å². The van der Waals surface area contributed by atoms with Gasteiger partial charge in [0.15, 0.2) is 0 Å². The molecule has 1 aliphatic rings. The average molecular weight is 245 g/mol. The zero-order chi connectivity index (χ0) is 13.4. The zero-order valence-electron chi connectivity index (χ0n) is 12.5. The molecule has 0 bridgehead atoms. The topological polar surface area (TPSA) is 12.0 Å². The van der Waals surface area contributed by atoms with E-state index >= 15 is 0 Å². The Hall–Kier alpha value is -0.820. The van der Waals surface area contributed by atoms with Crippen LogP contribution >= 0.6 is 0 Å². The molecule has 0 amide bonds. The van der Waals surface area contributed by atoms with Gasteiger partial charge < -0.3 is 5.32 Å². The van der Waals surface area contributed by atoms with Crippen LogP contribution < -0.4 is 5.32 Å². The molecule has 1 saturated carbocycles. The number of hydrogen-bond donors (Lipinski definition) is 1. The maximum absolute atomic E-state index is 3.72. The molecule has 1 heteroatoms. The molecule has 2 atom stereocenters. The normalized spacial score (nSPS) is 27.9. The second kappa shape index (κ2) is 4.70. The van der Waals surface area contributed by atoms with E-state index in [2.05, 4.69) is 64.2 Å². The number of nitrogens with one attached hydrogen (secondary N) is 1. The van der Waals surface area contributed by atoms with E-state index in [9.17, 15) is 0 Å². The molecule has 1 aliphatic carbocycles. The van der Waals surface area contributed by atoms with E-state index in [0.29, 0.717) is 5.41 Å². The molecule has 1 aromatic carbocycles. The third kappa shape index (κ3) is 2.47. The number of aryl methyl sites for hydroxylation is 1. The first-order chi connectivity index (χ1) is 8.35. The molecule has 0 aromatic heterocycles. The molecule has 0 aliphatic heterocycles. The fourth-order valence-electron chi connectivity index (χ4n) is 3.09.